The highest BCUT2D eigenvalue weighted by molar-refractivity contribution is 6.31. The molecule has 0 unspecified atom stereocenters. The smallest absolute Gasteiger partial charge is 0.271 e. The predicted octanol–water partition coefficient (Wildman–Crippen LogP) is 4.10. The van der Waals surface area contributed by atoms with Crippen LogP contribution in [0.4, 0.5) is 11.4 Å². The van der Waals surface area contributed by atoms with Gasteiger partial charge in [0.1, 0.15) is 12.3 Å². The molecule has 2 aromatic rings. The normalized spacial score (nSPS) is 15.3. The van der Waals surface area contributed by atoms with Crippen molar-refractivity contribution in [2.75, 3.05) is 16.8 Å². The van der Waals surface area contributed by atoms with Gasteiger partial charge in [-0.05, 0) is 57.0 Å². The Morgan fingerprint density at radius 3 is 2.50 bits per heavy atom. The first-order chi connectivity index (χ1) is 12.2. The number of halogens is 1. The van der Waals surface area contributed by atoms with Gasteiger partial charge in [0.15, 0.2) is 5.60 Å². The summed E-state index contributed by atoms with van der Waals surface area (Å²) in [4.78, 5) is 26.9. The van der Waals surface area contributed by atoms with Crippen LogP contribution in [0.15, 0.2) is 36.4 Å². The van der Waals surface area contributed by atoms with E-state index in [9.17, 15) is 9.59 Å². The summed E-state index contributed by atoms with van der Waals surface area (Å²) >= 11 is 6.07. The maximum absolute atomic E-state index is 12.8. The zero-order chi connectivity index (χ0) is 19.1. The molecule has 2 amide bonds. The van der Waals surface area contributed by atoms with Gasteiger partial charge in [-0.2, -0.15) is 0 Å². The van der Waals surface area contributed by atoms with Gasteiger partial charge in [-0.15, -0.1) is 0 Å². The summed E-state index contributed by atoms with van der Waals surface area (Å²) in [6, 6.07) is 10.8. The molecule has 0 aromatic heterocycles. The molecule has 0 bridgehead atoms. The molecule has 0 spiro atoms. The average molecular weight is 373 g/mol. The van der Waals surface area contributed by atoms with Crippen molar-refractivity contribution in [2.45, 2.75) is 33.3 Å². The van der Waals surface area contributed by atoms with Crippen LogP contribution in [0.1, 0.15) is 25.0 Å². The second-order valence-electron chi connectivity index (χ2n) is 6.93. The van der Waals surface area contributed by atoms with Gasteiger partial charge in [0.05, 0.1) is 5.69 Å². The second kappa shape index (κ2) is 6.65. The zero-order valence-electron chi connectivity index (χ0n) is 15.2. The molecule has 2 aromatic carbocycles. The first kappa shape index (κ1) is 18.3. The molecule has 0 aliphatic carbocycles. The fourth-order valence-corrected chi connectivity index (χ4v) is 3.20. The van der Waals surface area contributed by atoms with Crippen LogP contribution in [-0.2, 0) is 9.59 Å². The van der Waals surface area contributed by atoms with Crippen molar-refractivity contribution in [3.05, 3.63) is 52.5 Å². The van der Waals surface area contributed by atoms with E-state index in [2.05, 4.69) is 5.32 Å². The molecule has 26 heavy (non-hydrogen) atoms. The molecule has 1 aliphatic rings. The second-order valence-corrected chi connectivity index (χ2v) is 7.37. The molecule has 1 heterocycles. The Labute approximate surface area is 157 Å². The van der Waals surface area contributed by atoms with Crippen LogP contribution in [0.2, 0.25) is 5.02 Å². The summed E-state index contributed by atoms with van der Waals surface area (Å²) in [5.41, 5.74) is 2.15. The number of ether oxygens (including phenoxy) is 1. The number of hydrogen-bond donors (Lipinski definition) is 1. The minimum Gasteiger partial charge on any atom is -0.476 e. The van der Waals surface area contributed by atoms with Crippen LogP contribution in [0.5, 0.6) is 5.75 Å². The Bertz CT molecular complexity index is 872. The summed E-state index contributed by atoms with van der Waals surface area (Å²) in [6.07, 6.45) is 0. The Balaban J connectivity index is 1.89. The fourth-order valence-electron chi connectivity index (χ4n) is 3.03. The van der Waals surface area contributed by atoms with Gasteiger partial charge in [0, 0.05) is 10.7 Å². The number of benzene rings is 2. The third-order valence-electron chi connectivity index (χ3n) is 4.38. The highest BCUT2D eigenvalue weighted by Gasteiger charge is 2.41. The lowest BCUT2D eigenvalue weighted by atomic mass is 10.0. The molecule has 0 atom stereocenters. The highest BCUT2D eigenvalue weighted by Crippen LogP contribution is 2.39. The Hall–Kier alpha value is -2.53. The monoisotopic (exact) mass is 372 g/mol. The summed E-state index contributed by atoms with van der Waals surface area (Å²) < 4.78 is 5.77. The van der Waals surface area contributed by atoms with Gasteiger partial charge >= 0.3 is 0 Å². The number of hydrogen-bond acceptors (Lipinski definition) is 3. The molecule has 0 radical (unpaired) electrons. The van der Waals surface area contributed by atoms with Crippen LogP contribution in [0.3, 0.4) is 0 Å². The molecule has 6 heteroatoms. The van der Waals surface area contributed by atoms with Crippen LogP contribution in [0.25, 0.3) is 0 Å². The lowest BCUT2D eigenvalue weighted by molar-refractivity contribution is -0.133. The van der Waals surface area contributed by atoms with Crippen molar-refractivity contribution in [3.63, 3.8) is 0 Å². The average Bonchev–Trinajstić information content (AvgIpc) is 2.56. The molecule has 1 N–H and O–H groups in total. The number of fused-ring (bicyclic) bond motifs is 1. The Kier molecular flexibility index (Phi) is 4.67. The van der Waals surface area contributed by atoms with Gasteiger partial charge in [0.2, 0.25) is 5.91 Å². The predicted molar refractivity (Wildman–Crippen MR) is 103 cm³/mol. The van der Waals surface area contributed by atoms with Crippen LogP contribution < -0.4 is 15.0 Å². The number of para-hydroxylation sites is 1. The van der Waals surface area contributed by atoms with Gasteiger partial charge < -0.3 is 10.1 Å². The van der Waals surface area contributed by atoms with E-state index in [1.807, 2.05) is 32.0 Å². The number of nitrogens with one attached hydrogen (secondary N) is 1. The van der Waals surface area contributed by atoms with Gasteiger partial charge in [-0.25, -0.2) is 0 Å². The topological polar surface area (TPSA) is 58.6 Å². The van der Waals surface area contributed by atoms with Crippen LogP contribution >= 0.6 is 11.6 Å². The molecule has 3 rings (SSSR count). The zero-order valence-corrected chi connectivity index (χ0v) is 16.0. The Morgan fingerprint density at radius 1 is 1.19 bits per heavy atom. The van der Waals surface area contributed by atoms with E-state index in [-0.39, 0.29) is 18.4 Å². The fraction of sp³-hybridized carbons (Fsp3) is 0.300. The number of carbonyl (C=O) groups is 2. The number of amides is 2. The quantitative estimate of drug-likeness (QED) is 0.882. The molecular weight excluding hydrogens is 352 g/mol. The molecule has 136 valence electrons. The van der Waals surface area contributed by atoms with Gasteiger partial charge in [-0.1, -0.05) is 29.8 Å². The standard InChI is InChI=1S/C20H21ClN2O3/c1-12-6-5-7-13(2)18(12)22-17(24)11-23-15-10-14(21)8-9-16(15)26-20(3,4)19(23)25/h5-10H,11H2,1-4H3,(H,22,24). The van der Waals surface area contributed by atoms with Crippen molar-refractivity contribution in [2.24, 2.45) is 0 Å². The molecular formula is C20H21ClN2O3. The van der Waals surface area contributed by atoms with E-state index in [0.717, 1.165) is 16.8 Å². The number of carbonyl (C=O) groups excluding carboxylic acids is 2. The van der Waals surface area contributed by atoms with E-state index in [1.165, 1.54) is 4.90 Å². The largest absolute Gasteiger partial charge is 0.476 e. The molecule has 5 nitrogen and oxygen atoms in total. The lowest BCUT2D eigenvalue weighted by Crippen LogP contribution is -2.54. The SMILES string of the molecule is Cc1cccc(C)c1NC(=O)CN1C(=O)C(C)(C)Oc2ccc(Cl)cc21. The number of rotatable bonds is 3. The third-order valence-corrected chi connectivity index (χ3v) is 4.62. The van der Waals surface area contributed by atoms with E-state index in [0.29, 0.717) is 16.5 Å². The van der Waals surface area contributed by atoms with Crippen molar-refractivity contribution in [1.29, 1.82) is 0 Å². The minimum absolute atomic E-state index is 0.118. The summed E-state index contributed by atoms with van der Waals surface area (Å²) in [7, 11) is 0. The molecule has 0 fully saturated rings. The van der Waals surface area contributed by atoms with Crippen molar-refractivity contribution in [1.82, 2.24) is 0 Å². The lowest BCUT2D eigenvalue weighted by Gasteiger charge is -2.38. The first-order valence-electron chi connectivity index (χ1n) is 8.35. The third kappa shape index (κ3) is 3.40. The molecule has 0 saturated carbocycles. The maximum atomic E-state index is 12.8. The highest BCUT2D eigenvalue weighted by atomic mass is 35.5. The van der Waals surface area contributed by atoms with Gasteiger partial charge in [0.25, 0.3) is 5.91 Å². The number of nitrogens with zero attached hydrogens (tertiary/aromatic N) is 1. The minimum atomic E-state index is -1.06. The first-order valence-corrected chi connectivity index (χ1v) is 8.73. The summed E-state index contributed by atoms with van der Waals surface area (Å²) in [6.45, 7) is 7.11. The van der Waals surface area contributed by atoms with Crippen molar-refractivity contribution >= 4 is 34.8 Å². The Morgan fingerprint density at radius 2 is 1.85 bits per heavy atom. The molecule has 0 saturated heterocycles. The van der Waals surface area contributed by atoms with E-state index in [4.69, 9.17) is 16.3 Å². The van der Waals surface area contributed by atoms with Crippen molar-refractivity contribution < 1.29 is 14.3 Å². The molecule has 1 aliphatic heterocycles. The summed E-state index contributed by atoms with van der Waals surface area (Å²) in [5.74, 6) is -0.0397. The van der Waals surface area contributed by atoms with E-state index < -0.39 is 5.60 Å². The summed E-state index contributed by atoms with van der Waals surface area (Å²) in [5, 5.41) is 3.38. The van der Waals surface area contributed by atoms with Gasteiger partial charge in [-0.3, -0.25) is 14.5 Å². The van der Waals surface area contributed by atoms with Crippen LogP contribution in [0, 0.1) is 13.8 Å². The van der Waals surface area contributed by atoms with Crippen LogP contribution in [-0.4, -0.2) is 24.0 Å². The number of anilines is 2. The van der Waals surface area contributed by atoms with Crippen molar-refractivity contribution in [3.8, 4) is 5.75 Å². The van der Waals surface area contributed by atoms with E-state index >= 15 is 0 Å². The number of aryl methyl sites for hydroxylation is 2. The maximum Gasteiger partial charge on any atom is 0.271 e. The van der Waals surface area contributed by atoms with E-state index in [1.54, 1.807) is 32.0 Å².